The SMILES string of the molecule is O=C(NCCCCCCO)C(F)(F)C(F)(F)C(F)(F)C(F)(F)C(F)(F)C(F)(F)C(F)(F)C(F)(F)C(F)(F)C(F)(F)Cl. The first-order chi connectivity index (χ1) is 17.7. The maximum atomic E-state index is 13.8. The van der Waals surface area contributed by atoms with Gasteiger partial charge in [0.1, 0.15) is 0 Å². The molecule has 0 aromatic rings. The predicted molar refractivity (Wildman–Crippen MR) is 93.9 cm³/mol. The maximum absolute atomic E-state index is 13.8. The molecule has 3 nitrogen and oxygen atoms in total. The summed E-state index contributed by atoms with van der Waals surface area (Å²) in [6.07, 6.45) is -0.394. The predicted octanol–water partition coefficient (Wildman–Crippen LogP) is 7.20. The van der Waals surface area contributed by atoms with Crippen LogP contribution < -0.4 is 5.32 Å². The van der Waals surface area contributed by atoms with E-state index in [0.29, 0.717) is 0 Å². The van der Waals surface area contributed by atoms with Gasteiger partial charge in [0.15, 0.2) is 0 Å². The lowest BCUT2D eigenvalue weighted by molar-refractivity contribution is -0.464. The van der Waals surface area contributed by atoms with Crippen molar-refractivity contribution in [1.82, 2.24) is 5.32 Å². The molecular formula is C17H14ClF20NO2. The number of hydrogen-bond donors (Lipinski definition) is 2. The van der Waals surface area contributed by atoms with E-state index in [2.05, 4.69) is 11.6 Å². The van der Waals surface area contributed by atoms with Crippen LogP contribution in [0.4, 0.5) is 87.8 Å². The van der Waals surface area contributed by atoms with Crippen LogP contribution in [-0.2, 0) is 4.79 Å². The van der Waals surface area contributed by atoms with Crippen LogP contribution in [0.15, 0.2) is 0 Å². The Morgan fingerprint density at radius 3 is 1.10 bits per heavy atom. The topological polar surface area (TPSA) is 49.3 Å². The molecule has 0 aromatic heterocycles. The standard InChI is InChI=1S/C17H14ClF20NO2/c18-17(37,38)16(35,36)15(33,34)14(31,32)13(29,30)12(27,28)11(25,26)10(23,24)9(21,22)8(19,20)7(41)39-5-3-1-2-4-6-40/h40H,1-6H2,(H,39,41). The third-order valence-electron chi connectivity index (χ3n) is 5.17. The number of hydrogen-bond acceptors (Lipinski definition) is 2. The van der Waals surface area contributed by atoms with Crippen LogP contribution in [0, 0.1) is 0 Å². The van der Waals surface area contributed by atoms with Crippen molar-refractivity contribution >= 4 is 17.5 Å². The van der Waals surface area contributed by atoms with Gasteiger partial charge >= 0.3 is 58.7 Å². The van der Waals surface area contributed by atoms with Gasteiger partial charge in [-0.25, -0.2) is 0 Å². The van der Waals surface area contributed by atoms with Gasteiger partial charge in [-0.3, -0.25) is 4.79 Å². The molecule has 0 spiro atoms. The summed E-state index contributed by atoms with van der Waals surface area (Å²) in [6, 6.07) is 0. The fourth-order valence-electron chi connectivity index (χ4n) is 2.60. The first kappa shape index (κ1) is 39.3. The van der Waals surface area contributed by atoms with E-state index in [4.69, 9.17) is 5.11 Å². The zero-order valence-corrected chi connectivity index (χ0v) is 19.8. The molecule has 2 N–H and O–H groups in total. The number of rotatable bonds is 16. The normalized spacial score (nSPS) is 15.8. The summed E-state index contributed by atoms with van der Waals surface area (Å²) in [5, 5.41) is 2.15. The van der Waals surface area contributed by atoms with E-state index in [0.717, 1.165) is 5.32 Å². The van der Waals surface area contributed by atoms with Crippen LogP contribution in [0.5, 0.6) is 0 Å². The van der Waals surface area contributed by atoms with Gasteiger partial charge in [-0.05, 0) is 24.4 Å². The molecule has 1 amide bonds. The number of aliphatic hydroxyl groups excluding tert-OH is 1. The Labute approximate surface area is 219 Å². The Balaban J connectivity index is 6.63. The average molecular weight is 680 g/mol. The molecule has 0 aliphatic heterocycles. The van der Waals surface area contributed by atoms with Gasteiger partial charge in [-0.1, -0.05) is 12.8 Å². The number of unbranched alkanes of at least 4 members (excludes halogenated alkanes) is 3. The zero-order chi connectivity index (χ0) is 33.5. The Morgan fingerprint density at radius 2 is 0.780 bits per heavy atom. The van der Waals surface area contributed by atoms with E-state index in [1.54, 1.807) is 0 Å². The number of carbonyl (C=O) groups is 1. The minimum absolute atomic E-state index is 0.0687. The molecule has 0 radical (unpaired) electrons. The molecule has 0 rings (SSSR count). The second kappa shape index (κ2) is 11.4. The summed E-state index contributed by atoms with van der Waals surface area (Å²) in [7, 11) is 0. The third-order valence-corrected chi connectivity index (χ3v) is 5.40. The zero-order valence-electron chi connectivity index (χ0n) is 19.0. The van der Waals surface area contributed by atoms with Crippen LogP contribution in [0.1, 0.15) is 25.7 Å². The molecule has 0 aliphatic rings. The van der Waals surface area contributed by atoms with Crippen molar-refractivity contribution in [2.24, 2.45) is 0 Å². The van der Waals surface area contributed by atoms with Gasteiger partial charge in [0.2, 0.25) is 0 Å². The summed E-state index contributed by atoms with van der Waals surface area (Å²) in [6.45, 7) is -1.55. The Morgan fingerprint density at radius 1 is 0.488 bits per heavy atom. The van der Waals surface area contributed by atoms with Crippen molar-refractivity contribution in [3.8, 4) is 0 Å². The van der Waals surface area contributed by atoms with Gasteiger partial charge in [0, 0.05) is 13.2 Å². The number of aliphatic hydroxyl groups is 1. The lowest BCUT2D eigenvalue weighted by Crippen LogP contribution is -2.77. The first-order valence-corrected chi connectivity index (χ1v) is 10.5. The van der Waals surface area contributed by atoms with E-state index >= 15 is 0 Å². The van der Waals surface area contributed by atoms with E-state index in [-0.39, 0.29) is 19.3 Å². The molecule has 0 bridgehead atoms. The van der Waals surface area contributed by atoms with Gasteiger partial charge in [-0.2, -0.15) is 87.8 Å². The molecule has 0 heterocycles. The van der Waals surface area contributed by atoms with Crippen LogP contribution in [0.25, 0.3) is 0 Å². The molecule has 0 aliphatic carbocycles. The maximum Gasteiger partial charge on any atom is 0.393 e. The van der Waals surface area contributed by atoms with Crippen molar-refractivity contribution in [3.05, 3.63) is 0 Å². The summed E-state index contributed by atoms with van der Waals surface area (Å²) in [4.78, 5) is 11.2. The lowest BCUT2D eigenvalue weighted by Gasteiger charge is -2.44. The van der Waals surface area contributed by atoms with Crippen molar-refractivity contribution in [2.75, 3.05) is 13.2 Å². The largest absolute Gasteiger partial charge is 0.396 e. The first-order valence-electron chi connectivity index (χ1n) is 10.1. The number of nitrogens with one attached hydrogen (secondary N) is 1. The highest BCUT2D eigenvalue weighted by molar-refractivity contribution is 6.22. The second-order valence-electron chi connectivity index (χ2n) is 8.06. The summed E-state index contributed by atoms with van der Waals surface area (Å²) in [5.41, 5.74) is 0. The molecule has 0 saturated heterocycles. The number of amides is 1. The summed E-state index contributed by atoms with van der Waals surface area (Å²) >= 11 is 3.32. The van der Waals surface area contributed by atoms with E-state index in [1.807, 2.05) is 0 Å². The quantitative estimate of drug-likeness (QED) is 0.103. The van der Waals surface area contributed by atoms with Gasteiger partial charge < -0.3 is 10.4 Å². The highest BCUT2D eigenvalue weighted by Crippen LogP contribution is 2.66. The summed E-state index contributed by atoms with van der Waals surface area (Å²) in [5.74, 6) is -81.1. The highest BCUT2D eigenvalue weighted by atomic mass is 35.5. The number of halogens is 21. The Hall–Kier alpha value is -1.68. The van der Waals surface area contributed by atoms with Crippen LogP contribution >= 0.6 is 11.6 Å². The van der Waals surface area contributed by atoms with Crippen LogP contribution in [0.2, 0.25) is 0 Å². The van der Waals surface area contributed by atoms with Crippen molar-refractivity contribution in [3.63, 3.8) is 0 Å². The second-order valence-corrected chi connectivity index (χ2v) is 8.54. The van der Waals surface area contributed by atoms with E-state index < -0.39 is 84.2 Å². The molecular weight excluding hydrogens is 666 g/mol. The highest BCUT2D eigenvalue weighted by Gasteiger charge is 2.98. The van der Waals surface area contributed by atoms with E-state index in [9.17, 15) is 92.6 Å². The van der Waals surface area contributed by atoms with Crippen molar-refractivity contribution in [1.29, 1.82) is 0 Å². The average Bonchev–Trinajstić information content (AvgIpc) is 2.79. The van der Waals surface area contributed by atoms with Crippen LogP contribution in [0.3, 0.4) is 0 Å². The minimum Gasteiger partial charge on any atom is -0.396 e. The molecule has 41 heavy (non-hydrogen) atoms. The van der Waals surface area contributed by atoms with Gasteiger partial charge in [0.05, 0.1) is 0 Å². The van der Waals surface area contributed by atoms with E-state index in [1.165, 1.54) is 0 Å². The fourth-order valence-corrected chi connectivity index (χ4v) is 2.72. The summed E-state index contributed by atoms with van der Waals surface area (Å²) < 4.78 is 269. The van der Waals surface area contributed by atoms with Gasteiger partial charge in [0.25, 0.3) is 5.91 Å². The molecule has 0 unspecified atom stereocenters. The Kier molecular flexibility index (Phi) is 11.0. The molecule has 0 fully saturated rings. The lowest BCUT2D eigenvalue weighted by atomic mass is 9.86. The van der Waals surface area contributed by atoms with Crippen molar-refractivity contribution in [2.45, 2.75) is 84.4 Å². The number of alkyl halides is 21. The van der Waals surface area contributed by atoms with Crippen molar-refractivity contribution < 1.29 is 97.7 Å². The Bertz CT molecular complexity index is 916. The monoisotopic (exact) mass is 679 g/mol. The minimum atomic E-state index is -9.17. The third kappa shape index (κ3) is 5.80. The number of carbonyl (C=O) groups excluding carboxylic acids is 1. The molecule has 0 saturated carbocycles. The molecule has 0 atom stereocenters. The fraction of sp³-hybridized carbons (Fsp3) is 0.941. The van der Waals surface area contributed by atoms with Crippen LogP contribution in [-0.4, -0.2) is 82.8 Å². The molecule has 246 valence electrons. The van der Waals surface area contributed by atoms with Gasteiger partial charge in [-0.15, -0.1) is 0 Å². The molecule has 0 aromatic carbocycles. The smallest absolute Gasteiger partial charge is 0.393 e. The molecule has 24 heteroatoms.